The van der Waals surface area contributed by atoms with E-state index in [1.165, 1.54) is 6.42 Å². The number of halogens is 1. The highest BCUT2D eigenvalue weighted by molar-refractivity contribution is 6.33. The first-order valence-electron chi connectivity index (χ1n) is 6.66. The molecule has 1 aliphatic carbocycles. The lowest BCUT2D eigenvalue weighted by atomic mass is 9.72. The summed E-state index contributed by atoms with van der Waals surface area (Å²) in [5.41, 5.74) is 0.430. The largest absolute Gasteiger partial charge is 0.366 e. The van der Waals surface area contributed by atoms with Gasteiger partial charge >= 0.3 is 0 Å². The lowest BCUT2D eigenvalue weighted by Gasteiger charge is -2.40. The second kappa shape index (κ2) is 5.63. The summed E-state index contributed by atoms with van der Waals surface area (Å²) in [5, 5.41) is 13.7. The Kier molecular flexibility index (Phi) is 4.14. The summed E-state index contributed by atoms with van der Waals surface area (Å²) in [6, 6.07) is 10.2. The van der Waals surface area contributed by atoms with E-state index in [4.69, 9.17) is 11.6 Å². The van der Waals surface area contributed by atoms with Crippen LogP contribution in [-0.2, 0) is 0 Å². The fourth-order valence-corrected chi connectivity index (χ4v) is 3.12. The molecule has 0 bridgehead atoms. The van der Waals surface area contributed by atoms with Crippen LogP contribution in [0.25, 0.3) is 0 Å². The Bertz CT molecular complexity index is 452. The topological polar surface area (TPSA) is 35.8 Å². The molecule has 0 aromatic heterocycles. The Hall–Kier alpha value is -1.20. The number of nitriles is 1. The number of para-hydroxylation sites is 1. The number of hydrogen-bond donors (Lipinski definition) is 1. The second-order valence-electron chi connectivity index (χ2n) is 5.04. The van der Waals surface area contributed by atoms with E-state index < -0.39 is 5.54 Å². The molecule has 3 heteroatoms. The van der Waals surface area contributed by atoms with Crippen LogP contribution in [-0.4, -0.2) is 5.54 Å². The van der Waals surface area contributed by atoms with Crippen molar-refractivity contribution in [1.82, 2.24) is 0 Å². The Labute approximate surface area is 114 Å². The first kappa shape index (κ1) is 13.2. The van der Waals surface area contributed by atoms with E-state index in [-0.39, 0.29) is 0 Å². The first-order valence-corrected chi connectivity index (χ1v) is 7.03. The Morgan fingerprint density at radius 3 is 2.89 bits per heavy atom. The Morgan fingerprint density at radius 2 is 2.22 bits per heavy atom. The lowest BCUT2D eigenvalue weighted by molar-refractivity contribution is 0.259. The minimum Gasteiger partial charge on any atom is -0.366 e. The van der Waals surface area contributed by atoms with Gasteiger partial charge in [0.2, 0.25) is 0 Å². The van der Waals surface area contributed by atoms with Gasteiger partial charge < -0.3 is 5.32 Å². The highest BCUT2D eigenvalue weighted by Gasteiger charge is 2.40. The molecule has 1 N–H and O–H groups in total. The Morgan fingerprint density at radius 1 is 1.44 bits per heavy atom. The fourth-order valence-electron chi connectivity index (χ4n) is 2.94. The molecule has 0 radical (unpaired) electrons. The molecule has 2 atom stereocenters. The molecule has 1 aliphatic rings. The maximum absolute atomic E-state index is 9.64. The standard InChI is InChI=1S/C15H19ClN2/c1-2-12-7-5-6-10-15(12,11-17)18-14-9-4-3-8-13(14)16/h3-4,8-9,12,18H,2,5-7,10H2,1H3. The zero-order valence-electron chi connectivity index (χ0n) is 10.7. The van der Waals surface area contributed by atoms with Crippen LogP contribution >= 0.6 is 11.6 Å². The van der Waals surface area contributed by atoms with Crippen LogP contribution in [0.5, 0.6) is 0 Å². The van der Waals surface area contributed by atoms with Crippen LogP contribution in [0.2, 0.25) is 5.02 Å². The molecule has 0 heterocycles. The molecular weight excluding hydrogens is 244 g/mol. The van der Waals surface area contributed by atoms with E-state index in [0.29, 0.717) is 10.9 Å². The molecule has 1 aromatic rings. The molecule has 2 unspecified atom stereocenters. The molecule has 1 saturated carbocycles. The molecule has 0 saturated heterocycles. The number of nitrogens with zero attached hydrogens (tertiary/aromatic N) is 1. The highest BCUT2D eigenvalue weighted by atomic mass is 35.5. The molecule has 1 aromatic carbocycles. The minimum atomic E-state index is -0.446. The summed E-state index contributed by atoms with van der Waals surface area (Å²) in [7, 11) is 0. The lowest BCUT2D eigenvalue weighted by Crippen LogP contribution is -2.46. The van der Waals surface area contributed by atoms with E-state index in [1.807, 2.05) is 24.3 Å². The van der Waals surface area contributed by atoms with Crippen LogP contribution in [0.1, 0.15) is 39.0 Å². The predicted molar refractivity (Wildman–Crippen MR) is 75.7 cm³/mol. The van der Waals surface area contributed by atoms with Gasteiger partial charge in [0, 0.05) is 0 Å². The number of rotatable bonds is 3. The normalized spacial score (nSPS) is 27.5. The maximum Gasteiger partial charge on any atom is 0.128 e. The fraction of sp³-hybridized carbons (Fsp3) is 0.533. The van der Waals surface area contributed by atoms with Crippen molar-refractivity contribution in [3.8, 4) is 6.07 Å². The summed E-state index contributed by atoms with van der Waals surface area (Å²) in [5.74, 6) is 0.410. The van der Waals surface area contributed by atoms with Crippen molar-refractivity contribution < 1.29 is 0 Å². The van der Waals surface area contributed by atoms with Gasteiger partial charge in [-0.1, -0.05) is 49.9 Å². The van der Waals surface area contributed by atoms with Gasteiger partial charge in [0.25, 0.3) is 0 Å². The number of benzene rings is 1. The predicted octanol–water partition coefficient (Wildman–Crippen LogP) is 4.61. The summed E-state index contributed by atoms with van der Waals surface area (Å²) < 4.78 is 0. The van der Waals surface area contributed by atoms with Crippen molar-refractivity contribution in [3.63, 3.8) is 0 Å². The molecule has 2 nitrogen and oxygen atoms in total. The molecule has 2 rings (SSSR count). The molecule has 1 fully saturated rings. The molecule has 0 aliphatic heterocycles. The highest BCUT2D eigenvalue weighted by Crippen LogP contribution is 2.39. The molecule has 0 spiro atoms. The van der Waals surface area contributed by atoms with Gasteiger partial charge in [-0.15, -0.1) is 0 Å². The minimum absolute atomic E-state index is 0.410. The zero-order valence-corrected chi connectivity index (χ0v) is 11.5. The van der Waals surface area contributed by atoms with E-state index in [1.54, 1.807) is 0 Å². The third-order valence-electron chi connectivity index (χ3n) is 3.99. The van der Waals surface area contributed by atoms with Crippen molar-refractivity contribution in [2.75, 3.05) is 5.32 Å². The third kappa shape index (κ3) is 2.47. The summed E-state index contributed by atoms with van der Waals surface area (Å²) in [4.78, 5) is 0. The quantitative estimate of drug-likeness (QED) is 0.863. The van der Waals surface area contributed by atoms with Crippen molar-refractivity contribution in [3.05, 3.63) is 29.3 Å². The van der Waals surface area contributed by atoms with Gasteiger partial charge in [-0.3, -0.25) is 0 Å². The van der Waals surface area contributed by atoms with Gasteiger partial charge in [0.1, 0.15) is 5.54 Å². The van der Waals surface area contributed by atoms with E-state index >= 15 is 0 Å². The van der Waals surface area contributed by atoms with Gasteiger partial charge in [-0.2, -0.15) is 5.26 Å². The van der Waals surface area contributed by atoms with Crippen LogP contribution in [0.3, 0.4) is 0 Å². The van der Waals surface area contributed by atoms with Crippen LogP contribution in [0.4, 0.5) is 5.69 Å². The van der Waals surface area contributed by atoms with Crippen molar-refractivity contribution in [2.24, 2.45) is 5.92 Å². The van der Waals surface area contributed by atoms with Crippen LogP contribution in [0, 0.1) is 17.2 Å². The first-order chi connectivity index (χ1) is 8.72. The smallest absolute Gasteiger partial charge is 0.128 e. The molecule has 96 valence electrons. The van der Waals surface area contributed by atoms with Crippen LogP contribution < -0.4 is 5.32 Å². The second-order valence-corrected chi connectivity index (χ2v) is 5.45. The monoisotopic (exact) mass is 262 g/mol. The summed E-state index contributed by atoms with van der Waals surface area (Å²) in [6.07, 6.45) is 5.41. The summed E-state index contributed by atoms with van der Waals surface area (Å²) in [6.45, 7) is 2.16. The molecule has 18 heavy (non-hydrogen) atoms. The van der Waals surface area contributed by atoms with Crippen LogP contribution in [0.15, 0.2) is 24.3 Å². The third-order valence-corrected chi connectivity index (χ3v) is 4.32. The number of hydrogen-bond acceptors (Lipinski definition) is 2. The van der Waals surface area contributed by atoms with Crippen molar-refractivity contribution in [1.29, 1.82) is 5.26 Å². The zero-order chi connectivity index (χ0) is 13.0. The molecular formula is C15H19ClN2. The van der Waals surface area contributed by atoms with Gasteiger partial charge in [0.05, 0.1) is 16.8 Å². The average molecular weight is 263 g/mol. The van der Waals surface area contributed by atoms with Gasteiger partial charge in [0.15, 0.2) is 0 Å². The summed E-state index contributed by atoms with van der Waals surface area (Å²) >= 11 is 6.18. The van der Waals surface area contributed by atoms with E-state index in [9.17, 15) is 5.26 Å². The van der Waals surface area contributed by atoms with Crippen molar-refractivity contribution >= 4 is 17.3 Å². The SMILES string of the molecule is CCC1CCCCC1(C#N)Nc1ccccc1Cl. The van der Waals surface area contributed by atoms with Gasteiger partial charge in [-0.05, 0) is 30.9 Å². The van der Waals surface area contributed by atoms with Crippen molar-refractivity contribution in [2.45, 2.75) is 44.6 Å². The number of nitrogens with one attached hydrogen (secondary N) is 1. The average Bonchev–Trinajstić information content (AvgIpc) is 2.42. The molecule has 0 amide bonds. The number of anilines is 1. The van der Waals surface area contributed by atoms with E-state index in [0.717, 1.165) is 31.4 Å². The van der Waals surface area contributed by atoms with Gasteiger partial charge in [-0.25, -0.2) is 0 Å². The Balaban J connectivity index is 2.28. The van der Waals surface area contributed by atoms with E-state index in [2.05, 4.69) is 18.3 Å². The maximum atomic E-state index is 9.64.